The monoisotopic (exact) mass is 650 g/mol. The van der Waals surface area contributed by atoms with Gasteiger partial charge in [-0.3, -0.25) is 9.36 Å². The van der Waals surface area contributed by atoms with E-state index in [0.717, 1.165) is 21.9 Å². The van der Waals surface area contributed by atoms with Crippen molar-refractivity contribution in [2.24, 2.45) is 4.99 Å². The fourth-order valence-electron chi connectivity index (χ4n) is 5.75. The quantitative estimate of drug-likeness (QED) is 0.183. The number of nitrogens with zero attached hydrogens (tertiary/aromatic N) is 2. The van der Waals surface area contributed by atoms with Gasteiger partial charge in [0, 0.05) is 0 Å². The molecule has 0 aliphatic carbocycles. The first-order chi connectivity index (χ1) is 22.9. The van der Waals surface area contributed by atoms with Crippen LogP contribution in [0.15, 0.2) is 99.9 Å². The van der Waals surface area contributed by atoms with E-state index in [1.165, 1.54) is 23.0 Å². The van der Waals surface area contributed by atoms with Crippen molar-refractivity contribution >= 4 is 34.2 Å². The van der Waals surface area contributed by atoms with Crippen molar-refractivity contribution in [2.45, 2.75) is 26.5 Å². The lowest BCUT2D eigenvalue weighted by molar-refractivity contribution is -0.139. The molecule has 2 heterocycles. The standard InChI is InChI=1S/C37H34N2O7S/c1-6-45-36(41)33-22(2)38-37-39(34(33)25-15-17-28(42-3)31(20-25)44-5)35(40)32(47-37)19-23-14-16-29(30(18-23)43-4)46-21-26-12-9-11-24-10-7-8-13-27(24)26/h7-20,34H,6,21H2,1-5H3/b32-19-/t34-/m1/s1. The van der Waals surface area contributed by atoms with E-state index in [-0.39, 0.29) is 17.7 Å². The van der Waals surface area contributed by atoms with Gasteiger partial charge in [-0.15, -0.1) is 0 Å². The Morgan fingerprint density at radius 2 is 1.62 bits per heavy atom. The van der Waals surface area contributed by atoms with Gasteiger partial charge in [0.2, 0.25) is 0 Å². The number of esters is 1. The van der Waals surface area contributed by atoms with E-state index in [2.05, 4.69) is 23.2 Å². The molecule has 4 aromatic carbocycles. The topological polar surface area (TPSA) is 97.6 Å². The number of thiazole rings is 1. The Hall–Kier alpha value is -5.35. The molecule has 6 rings (SSSR count). The van der Waals surface area contributed by atoms with Gasteiger partial charge in [0.25, 0.3) is 5.56 Å². The van der Waals surface area contributed by atoms with Crippen molar-refractivity contribution < 1.29 is 28.5 Å². The lowest BCUT2D eigenvalue weighted by Crippen LogP contribution is -2.39. The summed E-state index contributed by atoms with van der Waals surface area (Å²) in [4.78, 5) is 32.5. The maximum absolute atomic E-state index is 14.1. The predicted octanol–water partition coefficient (Wildman–Crippen LogP) is 5.56. The van der Waals surface area contributed by atoms with E-state index in [1.807, 2.05) is 48.5 Å². The van der Waals surface area contributed by atoms with E-state index in [4.69, 9.17) is 23.7 Å². The van der Waals surface area contributed by atoms with Gasteiger partial charge in [-0.25, -0.2) is 9.79 Å². The number of methoxy groups -OCH3 is 3. The molecule has 9 nitrogen and oxygen atoms in total. The van der Waals surface area contributed by atoms with Crippen molar-refractivity contribution in [3.05, 3.63) is 127 Å². The van der Waals surface area contributed by atoms with Gasteiger partial charge in [0.1, 0.15) is 6.61 Å². The molecule has 1 aliphatic rings. The van der Waals surface area contributed by atoms with Gasteiger partial charge < -0.3 is 23.7 Å². The summed E-state index contributed by atoms with van der Waals surface area (Å²) in [6.07, 6.45) is 1.79. The molecule has 0 N–H and O–H groups in total. The number of carbonyl (C=O) groups is 1. The van der Waals surface area contributed by atoms with Crippen LogP contribution in [0.1, 0.15) is 36.6 Å². The van der Waals surface area contributed by atoms with Crippen LogP contribution in [-0.2, 0) is 16.1 Å². The molecule has 0 saturated carbocycles. The summed E-state index contributed by atoms with van der Waals surface area (Å²) < 4.78 is 30.2. The third-order valence-corrected chi connectivity index (χ3v) is 8.97. The molecule has 5 aromatic rings. The zero-order chi connectivity index (χ0) is 33.1. The Bertz CT molecular complexity index is 2190. The summed E-state index contributed by atoms with van der Waals surface area (Å²) in [5, 5.41) is 2.28. The molecule has 1 aromatic heterocycles. The minimum atomic E-state index is -0.786. The highest BCUT2D eigenvalue weighted by molar-refractivity contribution is 7.07. The molecular formula is C37H34N2O7S. The van der Waals surface area contributed by atoms with Crippen molar-refractivity contribution in [1.82, 2.24) is 4.57 Å². The Morgan fingerprint density at radius 3 is 2.38 bits per heavy atom. The van der Waals surface area contributed by atoms with Crippen LogP contribution in [0.25, 0.3) is 16.8 Å². The van der Waals surface area contributed by atoms with Crippen LogP contribution >= 0.6 is 11.3 Å². The first-order valence-corrected chi connectivity index (χ1v) is 15.9. The summed E-state index contributed by atoms with van der Waals surface area (Å²) in [5.74, 6) is 1.59. The van der Waals surface area contributed by atoms with E-state index in [1.54, 1.807) is 46.3 Å². The maximum atomic E-state index is 14.1. The van der Waals surface area contributed by atoms with Crippen LogP contribution in [0.3, 0.4) is 0 Å². The second-order valence-corrected chi connectivity index (χ2v) is 11.8. The van der Waals surface area contributed by atoms with Gasteiger partial charge in [-0.2, -0.15) is 0 Å². The molecule has 1 atom stereocenters. The van der Waals surface area contributed by atoms with Crippen molar-refractivity contribution in [2.75, 3.05) is 27.9 Å². The average molecular weight is 651 g/mol. The van der Waals surface area contributed by atoms with Crippen molar-refractivity contribution in [3.63, 3.8) is 0 Å². The molecular weight excluding hydrogens is 616 g/mol. The van der Waals surface area contributed by atoms with Crippen LogP contribution in [0, 0.1) is 0 Å². The van der Waals surface area contributed by atoms with Crippen LogP contribution in [-0.4, -0.2) is 38.5 Å². The number of hydrogen-bond acceptors (Lipinski definition) is 9. The van der Waals surface area contributed by atoms with Crippen LogP contribution < -0.4 is 33.8 Å². The smallest absolute Gasteiger partial charge is 0.338 e. The number of ether oxygens (including phenoxy) is 5. The van der Waals surface area contributed by atoms with E-state index in [9.17, 15) is 9.59 Å². The number of fused-ring (bicyclic) bond motifs is 2. The second-order valence-electron chi connectivity index (χ2n) is 10.8. The molecule has 1 aliphatic heterocycles. The lowest BCUT2D eigenvalue weighted by atomic mass is 9.95. The normalized spacial score (nSPS) is 14.4. The summed E-state index contributed by atoms with van der Waals surface area (Å²) in [6, 6.07) is 24.4. The third kappa shape index (κ3) is 6.12. The molecule has 0 radical (unpaired) electrons. The Balaban J connectivity index is 1.38. The Kier molecular flexibility index (Phi) is 9.12. The van der Waals surface area contributed by atoms with Gasteiger partial charge in [0.05, 0.1) is 49.8 Å². The molecule has 0 spiro atoms. The molecule has 0 bridgehead atoms. The maximum Gasteiger partial charge on any atom is 0.338 e. The van der Waals surface area contributed by atoms with Gasteiger partial charge >= 0.3 is 5.97 Å². The average Bonchev–Trinajstić information content (AvgIpc) is 3.39. The zero-order valence-electron chi connectivity index (χ0n) is 26.7. The largest absolute Gasteiger partial charge is 0.493 e. The number of benzene rings is 4. The van der Waals surface area contributed by atoms with Crippen LogP contribution in [0.5, 0.6) is 23.0 Å². The van der Waals surface area contributed by atoms with Crippen molar-refractivity contribution in [3.8, 4) is 23.0 Å². The highest BCUT2D eigenvalue weighted by atomic mass is 32.1. The Morgan fingerprint density at radius 1 is 0.894 bits per heavy atom. The fourth-order valence-corrected chi connectivity index (χ4v) is 6.79. The minimum Gasteiger partial charge on any atom is -0.493 e. The van der Waals surface area contributed by atoms with Gasteiger partial charge in [-0.05, 0) is 71.7 Å². The van der Waals surface area contributed by atoms with Gasteiger partial charge in [-0.1, -0.05) is 65.9 Å². The highest BCUT2D eigenvalue weighted by Crippen LogP contribution is 2.36. The van der Waals surface area contributed by atoms with Crippen LogP contribution in [0.2, 0.25) is 0 Å². The highest BCUT2D eigenvalue weighted by Gasteiger charge is 2.34. The molecule has 240 valence electrons. The summed E-state index contributed by atoms with van der Waals surface area (Å²) in [5.41, 5.74) is 2.93. The molecule has 0 saturated heterocycles. The lowest BCUT2D eigenvalue weighted by Gasteiger charge is -2.25. The van der Waals surface area contributed by atoms with E-state index >= 15 is 0 Å². The number of rotatable bonds is 10. The summed E-state index contributed by atoms with van der Waals surface area (Å²) in [6.45, 7) is 4.04. The SMILES string of the molecule is CCOC(=O)C1=C(C)N=c2s/c(=C\c3ccc(OCc4cccc5ccccc45)c(OC)c3)c(=O)n2[C@@H]1c1ccc(OC)c(OC)c1. The molecule has 0 fully saturated rings. The fraction of sp³-hybridized carbons (Fsp3) is 0.216. The molecule has 10 heteroatoms. The number of hydrogen-bond donors (Lipinski definition) is 0. The molecule has 0 unspecified atom stereocenters. The number of allylic oxidation sites excluding steroid dienone is 1. The number of aromatic nitrogens is 1. The summed E-state index contributed by atoms with van der Waals surface area (Å²) >= 11 is 1.24. The first kappa shape index (κ1) is 31.6. The summed E-state index contributed by atoms with van der Waals surface area (Å²) in [7, 11) is 4.67. The first-order valence-electron chi connectivity index (χ1n) is 15.1. The number of carbonyl (C=O) groups excluding carboxylic acids is 1. The molecule has 47 heavy (non-hydrogen) atoms. The zero-order valence-corrected chi connectivity index (χ0v) is 27.6. The molecule has 0 amide bonds. The van der Waals surface area contributed by atoms with E-state index in [0.29, 0.717) is 50.2 Å². The van der Waals surface area contributed by atoms with E-state index < -0.39 is 12.0 Å². The van der Waals surface area contributed by atoms with Crippen LogP contribution in [0.4, 0.5) is 0 Å². The predicted molar refractivity (Wildman–Crippen MR) is 181 cm³/mol. The Labute approximate surface area is 275 Å². The minimum absolute atomic E-state index is 0.183. The third-order valence-electron chi connectivity index (χ3n) is 7.99. The van der Waals surface area contributed by atoms with Crippen molar-refractivity contribution in [1.29, 1.82) is 0 Å². The second kappa shape index (κ2) is 13.6. The van der Waals surface area contributed by atoms with Gasteiger partial charge in [0.15, 0.2) is 27.8 Å².